The first-order valence-corrected chi connectivity index (χ1v) is 13.5. The number of hydrogen-bond acceptors (Lipinski definition) is 7. The highest BCUT2D eigenvalue weighted by molar-refractivity contribution is 14.2. The van der Waals surface area contributed by atoms with Crippen molar-refractivity contribution in [2.24, 2.45) is 0 Å². The Labute approximate surface area is 209 Å². The SMILES string of the molecule is C[C@@H]1C[C@H](N(C)CCC(=O)N[C@H](CF)[C@H](O)c2ccc(C3=CC=CN(O)I=C3)cc2)C[C@H](O)O1. The van der Waals surface area contributed by atoms with Gasteiger partial charge in [-0.3, -0.25) is 10.0 Å². The Morgan fingerprint density at radius 3 is 2.76 bits per heavy atom. The third-order valence-electron chi connectivity index (χ3n) is 6.01. The minimum absolute atomic E-state index is 0.0540. The molecular formula is C24H33FIN3O5. The van der Waals surface area contributed by atoms with E-state index in [0.717, 1.165) is 17.6 Å². The molecule has 0 bridgehead atoms. The van der Waals surface area contributed by atoms with Crippen molar-refractivity contribution >= 4 is 36.5 Å². The number of halogens is 2. The summed E-state index contributed by atoms with van der Waals surface area (Å²) in [6.07, 6.45) is 4.63. The minimum Gasteiger partial charge on any atom is -0.386 e. The first kappa shape index (κ1) is 26.9. The summed E-state index contributed by atoms with van der Waals surface area (Å²) in [5.41, 5.74) is 2.40. The van der Waals surface area contributed by atoms with Crippen LogP contribution < -0.4 is 5.32 Å². The van der Waals surface area contributed by atoms with Gasteiger partial charge in [0.05, 0.1) is 12.1 Å². The molecule has 2 aliphatic heterocycles. The second kappa shape index (κ2) is 12.8. The molecule has 0 radical (unpaired) electrons. The lowest BCUT2D eigenvalue weighted by Gasteiger charge is -2.36. The average molecular weight is 589 g/mol. The molecule has 1 amide bonds. The summed E-state index contributed by atoms with van der Waals surface area (Å²) in [5.74, 6) is -0.340. The number of amides is 1. The first-order valence-electron chi connectivity index (χ1n) is 11.3. The second-order valence-corrected chi connectivity index (χ2v) is 10.8. The van der Waals surface area contributed by atoms with Crippen molar-refractivity contribution < 1.29 is 29.3 Å². The number of benzene rings is 1. The van der Waals surface area contributed by atoms with E-state index in [1.54, 1.807) is 24.4 Å². The lowest BCUT2D eigenvalue weighted by Crippen LogP contribution is -2.45. The molecule has 5 atom stereocenters. The molecule has 4 N–H and O–H groups in total. The van der Waals surface area contributed by atoms with Gasteiger partial charge in [-0.05, 0) is 47.2 Å². The molecule has 0 aliphatic carbocycles. The van der Waals surface area contributed by atoms with Crippen molar-refractivity contribution in [1.29, 1.82) is 0 Å². The van der Waals surface area contributed by atoms with Gasteiger partial charge in [-0.2, -0.15) is 0 Å². The molecule has 188 valence electrons. The normalized spacial score (nSPS) is 24.7. The molecule has 1 aromatic carbocycles. The van der Waals surface area contributed by atoms with Gasteiger partial charge in [-0.1, -0.05) is 30.3 Å². The highest BCUT2D eigenvalue weighted by atomic mass is 127. The molecule has 10 heteroatoms. The summed E-state index contributed by atoms with van der Waals surface area (Å²) in [6.45, 7) is 1.46. The topological polar surface area (TPSA) is 106 Å². The van der Waals surface area contributed by atoms with Crippen LogP contribution in [0.5, 0.6) is 0 Å². The molecule has 1 saturated heterocycles. The Morgan fingerprint density at radius 1 is 1.35 bits per heavy atom. The van der Waals surface area contributed by atoms with E-state index in [9.17, 15) is 24.6 Å². The molecule has 34 heavy (non-hydrogen) atoms. The standard InChI is InChI=1S/C24H33FIN3O5/c1-16-12-20(13-23(31)34-16)28(2)11-9-22(30)27-21(14-25)24(32)18-7-5-17(6-8-18)19-4-3-10-29(33)26-15-19/h3-8,10,15-16,20-21,23-24,31-33H,9,11-14H2,1-2H3,(H,27,30)/t16-,20+,21-,23-,24-/m1/s1. The summed E-state index contributed by atoms with van der Waals surface area (Å²) < 4.78 is 22.2. The monoisotopic (exact) mass is 589 g/mol. The molecule has 0 aromatic heterocycles. The number of rotatable bonds is 9. The van der Waals surface area contributed by atoms with Crippen molar-refractivity contribution in [3.8, 4) is 0 Å². The van der Waals surface area contributed by atoms with Crippen LogP contribution in [0.2, 0.25) is 0 Å². The van der Waals surface area contributed by atoms with E-state index in [-0.39, 0.29) is 24.5 Å². The summed E-state index contributed by atoms with van der Waals surface area (Å²) in [7, 11) is 1.89. The highest BCUT2D eigenvalue weighted by Crippen LogP contribution is 2.24. The quantitative estimate of drug-likeness (QED) is 0.260. The average Bonchev–Trinajstić information content (AvgIpc) is 3.04. The lowest BCUT2D eigenvalue weighted by atomic mass is 9.99. The number of hydroxylamine groups is 1. The second-order valence-electron chi connectivity index (χ2n) is 8.61. The molecule has 0 unspecified atom stereocenters. The number of carbonyl (C=O) groups is 1. The molecule has 2 aliphatic rings. The third-order valence-corrected chi connectivity index (χ3v) is 7.85. The molecule has 1 aromatic rings. The van der Waals surface area contributed by atoms with Gasteiger partial charge < -0.3 is 25.2 Å². The summed E-state index contributed by atoms with van der Waals surface area (Å²) in [4.78, 5) is 14.5. The van der Waals surface area contributed by atoms with Gasteiger partial charge in [-0.15, -0.1) is 0 Å². The molecule has 8 nitrogen and oxygen atoms in total. The Bertz CT molecular complexity index is 900. The smallest absolute Gasteiger partial charge is 0.221 e. The number of ether oxygens (including phenoxy) is 1. The van der Waals surface area contributed by atoms with E-state index >= 15 is 0 Å². The first-order chi connectivity index (χ1) is 16.3. The maximum Gasteiger partial charge on any atom is 0.221 e. The maximum absolute atomic E-state index is 13.7. The van der Waals surface area contributed by atoms with Crippen molar-refractivity contribution in [3.63, 3.8) is 0 Å². The number of alkyl halides is 1. The largest absolute Gasteiger partial charge is 0.386 e. The number of nitrogens with zero attached hydrogens (tertiary/aromatic N) is 2. The van der Waals surface area contributed by atoms with Gasteiger partial charge in [-0.25, -0.2) is 7.67 Å². The van der Waals surface area contributed by atoms with E-state index in [2.05, 4.69) is 5.32 Å². The van der Waals surface area contributed by atoms with Gasteiger partial charge in [0.15, 0.2) is 6.29 Å². The summed E-state index contributed by atoms with van der Waals surface area (Å²) in [6, 6.07) is 6.17. The number of aliphatic hydroxyl groups is 2. The van der Waals surface area contributed by atoms with Gasteiger partial charge in [0, 0.05) is 52.6 Å². The number of allylic oxidation sites excluding steroid dienone is 3. The van der Waals surface area contributed by atoms with E-state index in [1.165, 1.54) is 3.28 Å². The molecule has 0 saturated carbocycles. The summed E-state index contributed by atoms with van der Waals surface area (Å²) in [5, 5.41) is 32.7. The molecule has 0 spiro atoms. The van der Waals surface area contributed by atoms with Gasteiger partial charge >= 0.3 is 0 Å². The van der Waals surface area contributed by atoms with Crippen molar-refractivity contribution in [1.82, 2.24) is 13.5 Å². The van der Waals surface area contributed by atoms with E-state index in [0.29, 0.717) is 18.5 Å². The Kier molecular flexibility index (Phi) is 10.2. The zero-order chi connectivity index (χ0) is 24.7. The minimum atomic E-state index is -1.18. The fourth-order valence-corrected chi connectivity index (χ4v) is 5.57. The molecular weight excluding hydrogens is 556 g/mol. The van der Waals surface area contributed by atoms with Crippen LogP contribution in [0.1, 0.15) is 43.4 Å². The van der Waals surface area contributed by atoms with Crippen molar-refractivity contribution in [3.05, 3.63) is 53.7 Å². The van der Waals surface area contributed by atoms with Crippen LogP contribution in [-0.2, 0) is 9.53 Å². The fraction of sp³-hybridized carbons (Fsp3) is 0.500. The molecule has 1 fully saturated rings. The maximum atomic E-state index is 13.7. The van der Waals surface area contributed by atoms with Gasteiger partial charge in [0.2, 0.25) is 5.91 Å². The molecule has 3 rings (SSSR count). The zero-order valence-electron chi connectivity index (χ0n) is 19.3. The molecule has 2 heterocycles. The predicted molar refractivity (Wildman–Crippen MR) is 137 cm³/mol. The van der Waals surface area contributed by atoms with Crippen molar-refractivity contribution in [2.75, 3.05) is 20.3 Å². The van der Waals surface area contributed by atoms with Crippen LogP contribution in [0, 0.1) is 0 Å². The van der Waals surface area contributed by atoms with Crippen LogP contribution >= 0.6 is 21.0 Å². The van der Waals surface area contributed by atoms with Crippen molar-refractivity contribution in [2.45, 2.75) is 56.8 Å². The number of hydrogen-bond donors (Lipinski definition) is 4. The zero-order valence-corrected chi connectivity index (χ0v) is 21.5. The van der Waals surface area contributed by atoms with E-state index in [1.807, 2.05) is 41.1 Å². The van der Waals surface area contributed by atoms with Crippen LogP contribution in [0.3, 0.4) is 0 Å². The van der Waals surface area contributed by atoms with E-state index < -0.39 is 46.1 Å². The van der Waals surface area contributed by atoms with Crippen LogP contribution in [0.4, 0.5) is 4.39 Å². The summed E-state index contributed by atoms with van der Waals surface area (Å²) >= 11 is -0.664. The number of nitrogens with one attached hydrogen (secondary N) is 1. The highest BCUT2D eigenvalue weighted by Gasteiger charge is 2.29. The Balaban J connectivity index is 1.53. The Hall–Kier alpha value is -1.70. The van der Waals surface area contributed by atoms with Crippen LogP contribution in [-0.4, -0.2) is 78.3 Å². The third kappa shape index (κ3) is 7.65. The van der Waals surface area contributed by atoms with Crippen LogP contribution in [0.25, 0.3) is 5.57 Å². The predicted octanol–water partition coefficient (Wildman–Crippen LogP) is 2.67. The fourth-order valence-electron chi connectivity index (χ4n) is 4.05. The van der Waals surface area contributed by atoms with E-state index in [4.69, 9.17) is 4.74 Å². The van der Waals surface area contributed by atoms with Gasteiger partial charge in [0.1, 0.15) is 12.8 Å². The van der Waals surface area contributed by atoms with Gasteiger partial charge in [0.25, 0.3) is 0 Å². The lowest BCUT2D eigenvalue weighted by molar-refractivity contribution is -0.173. The Morgan fingerprint density at radius 2 is 2.09 bits per heavy atom. The van der Waals surface area contributed by atoms with Crippen LogP contribution in [0.15, 0.2) is 42.6 Å². The number of carbonyl (C=O) groups excluding carboxylic acids is 1. The number of aliphatic hydroxyl groups excluding tert-OH is 2.